The summed E-state index contributed by atoms with van der Waals surface area (Å²) in [6, 6.07) is 10.9. The molecule has 0 aliphatic carbocycles. The second-order valence-electron chi connectivity index (χ2n) is 6.56. The predicted molar refractivity (Wildman–Crippen MR) is 110 cm³/mol. The lowest BCUT2D eigenvalue weighted by molar-refractivity contribution is 0.310. The SMILES string of the molecule is [2H]n1cc(C[C@]2([2H])N(C)C([2H])([2H])C([2H])([2H])C2([2H])[2H])c2cc(CCS(=O)(=O)c3ccccc3)ccc21. The number of benzene rings is 2. The Balaban J connectivity index is 1.68. The van der Waals surface area contributed by atoms with Gasteiger partial charge in [0.2, 0.25) is 0 Å². The molecule has 2 aromatic carbocycles. The van der Waals surface area contributed by atoms with E-state index in [1.54, 1.807) is 36.4 Å². The van der Waals surface area contributed by atoms with Crippen molar-refractivity contribution in [2.75, 3.05) is 19.3 Å². The van der Waals surface area contributed by atoms with E-state index < -0.39 is 35.1 Å². The fraction of sp³-hybridized carbons (Fsp3) is 0.364. The number of hydrogen-bond acceptors (Lipinski definition) is 3. The van der Waals surface area contributed by atoms with Crippen LogP contribution in [0.3, 0.4) is 0 Å². The Kier molecular flexibility index (Phi) is 3.06. The monoisotopic (exact) mass is 390 g/mol. The van der Waals surface area contributed by atoms with Crippen molar-refractivity contribution < 1.29 is 19.4 Å². The quantitative estimate of drug-likeness (QED) is 0.696. The summed E-state index contributed by atoms with van der Waals surface area (Å²) in [5.41, 5.74) is 1.52. The summed E-state index contributed by atoms with van der Waals surface area (Å²) in [7, 11) is -2.32. The number of likely N-dealkylation sites (tertiary alicyclic amines) is 1. The Labute approximate surface area is 172 Å². The van der Waals surface area contributed by atoms with E-state index in [9.17, 15) is 8.42 Å². The average Bonchev–Trinajstić information content (AvgIpc) is 3.13. The van der Waals surface area contributed by atoms with Crippen LogP contribution in [0.4, 0.5) is 0 Å². The summed E-state index contributed by atoms with van der Waals surface area (Å²) in [5, 5.41) is 0.512. The maximum Gasteiger partial charge on any atom is 0.178 e. The van der Waals surface area contributed by atoms with Gasteiger partial charge < -0.3 is 9.88 Å². The molecular formula is C22H26N2O2S. The summed E-state index contributed by atoms with van der Waals surface area (Å²) in [4.78, 5) is 2.07. The maximum absolute atomic E-state index is 12.7. The van der Waals surface area contributed by atoms with Gasteiger partial charge in [-0.15, -0.1) is 0 Å². The Morgan fingerprint density at radius 1 is 1.30 bits per heavy atom. The molecule has 0 amide bonds. The number of aromatic nitrogens is 1. The molecule has 0 radical (unpaired) electrons. The van der Waals surface area contributed by atoms with Gasteiger partial charge in [-0.05, 0) is 74.5 Å². The molecule has 0 bridgehead atoms. The number of rotatable bonds is 6. The van der Waals surface area contributed by atoms with Crippen molar-refractivity contribution in [3.8, 4) is 0 Å². The molecule has 4 rings (SSSR count). The van der Waals surface area contributed by atoms with Gasteiger partial charge in [-0.3, -0.25) is 0 Å². The molecule has 1 aliphatic rings. The first-order chi connectivity index (χ1) is 16.1. The van der Waals surface area contributed by atoms with Crippen LogP contribution in [-0.2, 0) is 22.7 Å². The zero-order valence-electron chi connectivity index (χ0n) is 22.9. The number of nitrogens with one attached hydrogen (secondary N) is 1. The van der Waals surface area contributed by atoms with Gasteiger partial charge in [-0.2, -0.15) is 0 Å². The number of fused-ring (bicyclic) bond motifs is 1. The lowest BCUT2D eigenvalue weighted by Crippen LogP contribution is -2.26. The number of likely N-dealkylation sites (N-methyl/N-ethyl adjacent to an activating group) is 1. The Hall–Kier alpha value is -2.11. The van der Waals surface area contributed by atoms with E-state index in [-0.39, 0.29) is 23.5 Å². The van der Waals surface area contributed by atoms with E-state index in [0.29, 0.717) is 22.0 Å². The van der Waals surface area contributed by atoms with Crippen molar-refractivity contribution in [2.24, 2.45) is 0 Å². The number of aryl methyl sites for hydroxylation is 1. The Morgan fingerprint density at radius 3 is 2.85 bits per heavy atom. The van der Waals surface area contributed by atoms with Crippen molar-refractivity contribution in [1.82, 2.24) is 9.88 Å². The Morgan fingerprint density at radius 2 is 2.11 bits per heavy atom. The number of hydrogen-bond donors (Lipinski definition) is 1. The molecule has 2 heterocycles. The maximum atomic E-state index is 12.7. The normalized spacial score (nSPS) is 31.0. The Bertz CT molecular complexity index is 1370. The van der Waals surface area contributed by atoms with Crippen LogP contribution in [0.25, 0.3) is 10.9 Å². The molecule has 1 N–H and O–H groups in total. The van der Waals surface area contributed by atoms with Crippen LogP contribution in [0.1, 0.15) is 33.5 Å². The minimum absolute atomic E-state index is 0.131. The average molecular weight is 391 g/mol. The van der Waals surface area contributed by atoms with Crippen molar-refractivity contribution in [3.05, 3.63) is 65.9 Å². The lowest BCUT2D eigenvalue weighted by Gasteiger charge is -2.18. The molecule has 3 aromatic rings. The van der Waals surface area contributed by atoms with Gasteiger partial charge >= 0.3 is 0 Å². The van der Waals surface area contributed by atoms with Gasteiger partial charge in [0.05, 0.1) is 10.6 Å². The highest BCUT2D eigenvalue weighted by Crippen LogP contribution is 2.26. The van der Waals surface area contributed by atoms with Crippen LogP contribution in [0.5, 0.6) is 0 Å². The first kappa shape index (κ1) is 11.0. The zero-order valence-corrected chi connectivity index (χ0v) is 15.8. The first-order valence-electron chi connectivity index (χ1n) is 12.6. The van der Waals surface area contributed by atoms with E-state index in [0.717, 1.165) is 9.88 Å². The number of nitrogens with zero attached hydrogens (tertiary/aromatic N) is 1. The van der Waals surface area contributed by atoms with Crippen LogP contribution in [0.2, 0.25) is 1.41 Å². The first-order valence-corrected chi connectivity index (χ1v) is 10.4. The van der Waals surface area contributed by atoms with Gasteiger partial charge in [0, 0.05) is 32.7 Å². The van der Waals surface area contributed by atoms with Crippen molar-refractivity contribution in [1.29, 1.82) is 0 Å². The molecule has 1 aliphatic heterocycles. The third-order valence-corrected chi connectivity index (χ3v) is 6.45. The largest absolute Gasteiger partial charge is 0.361 e. The molecule has 1 aromatic heterocycles. The summed E-state index contributed by atoms with van der Waals surface area (Å²) >= 11 is 0. The standard InChI is InChI=1S/C22H26N2O2S/c1-24-12-5-6-19(24)15-18-16-23-22-10-9-17(14-21(18)22)11-13-27(25,26)20-7-3-2-4-8-20/h2-4,7-10,14,16,19,23H,5-6,11-13,15H2,1H3/t19-/m1/s1/i5D2,6D2,12D2,19D/hD. The fourth-order valence-electron chi connectivity index (χ4n) is 3.14. The molecule has 0 saturated carbocycles. The van der Waals surface area contributed by atoms with E-state index in [4.69, 9.17) is 11.0 Å². The minimum Gasteiger partial charge on any atom is -0.361 e. The molecule has 1 saturated heterocycles. The highest BCUT2D eigenvalue weighted by Gasteiger charge is 2.22. The second-order valence-corrected chi connectivity index (χ2v) is 8.67. The highest BCUT2D eigenvalue weighted by molar-refractivity contribution is 7.91. The molecule has 0 unspecified atom stereocenters. The highest BCUT2D eigenvalue weighted by atomic mass is 32.2. The summed E-state index contributed by atoms with van der Waals surface area (Å²) < 4.78 is 91.5. The summed E-state index contributed by atoms with van der Waals surface area (Å²) in [6.45, 7) is -2.73. The summed E-state index contributed by atoms with van der Waals surface area (Å²) in [6.07, 6.45) is -4.58. The smallest absolute Gasteiger partial charge is 0.178 e. The van der Waals surface area contributed by atoms with Gasteiger partial charge in [0.25, 0.3) is 0 Å². The molecule has 142 valence electrons. The van der Waals surface area contributed by atoms with E-state index >= 15 is 0 Å². The van der Waals surface area contributed by atoms with E-state index in [2.05, 4.69) is 0 Å². The zero-order chi connectivity index (χ0) is 26.0. The van der Waals surface area contributed by atoms with Crippen molar-refractivity contribution in [3.63, 3.8) is 0 Å². The minimum atomic E-state index is -3.51. The molecule has 4 nitrogen and oxygen atoms in total. The van der Waals surface area contributed by atoms with Crippen molar-refractivity contribution in [2.45, 2.75) is 36.5 Å². The molecule has 0 spiro atoms. The molecular weight excluding hydrogens is 356 g/mol. The van der Waals surface area contributed by atoms with Crippen molar-refractivity contribution >= 4 is 20.7 Å². The number of aromatic amines is 1. The number of H-pyrrole nitrogens is 1. The van der Waals surface area contributed by atoms with Gasteiger partial charge in [0.15, 0.2) is 11.2 Å². The third kappa shape index (κ3) is 3.94. The third-order valence-electron chi connectivity index (χ3n) is 4.72. The van der Waals surface area contributed by atoms with Crippen LogP contribution in [0.15, 0.2) is 59.6 Å². The fourth-order valence-corrected chi connectivity index (χ4v) is 4.45. The van der Waals surface area contributed by atoms with Crippen LogP contribution in [-0.4, -0.2) is 43.6 Å². The van der Waals surface area contributed by atoms with Gasteiger partial charge in [-0.1, -0.05) is 24.3 Å². The molecule has 5 heteroatoms. The topological polar surface area (TPSA) is 53.2 Å². The summed E-state index contributed by atoms with van der Waals surface area (Å²) in [5.74, 6) is -0.131. The number of sulfone groups is 1. The second kappa shape index (κ2) is 7.49. The van der Waals surface area contributed by atoms with Crippen LogP contribution < -0.4 is 0 Å². The molecule has 1 fully saturated rings. The molecule has 1 atom stereocenters. The van der Waals surface area contributed by atoms with E-state index in [1.807, 2.05) is 0 Å². The van der Waals surface area contributed by atoms with Crippen LogP contribution in [0, 0.1) is 0 Å². The van der Waals surface area contributed by atoms with E-state index in [1.165, 1.54) is 25.4 Å². The molecule has 27 heavy (non-hydrogen) atoms. The predicted octanol–water partition coefficient (Wildman–Crippen LogP) is 3.82. The van der Waals surface area contributed by atoms with Gasteiger partial charge in [-0.25, -0.2) is 8.42 Å². The van der Waals surface area contributed by atoms with Crippen LogP contribution >= 0.6 is 0 Å². The lowest BCUT2D eigenvalue weighted by atomic mass is 10.0. The van der Waals surface area contributed by atoms with Gasteiger partial charge in [0.1, 0.15) is 0 Å².